The van der Waals surface area contributed by atoms with E-state index in [1.165, 1.54) is 0 Å². The van der Waals surface area contributed by atoms with Gasteiger partial charge in [-0.1, -0.05) is 11.6 Å². The van der Waals surface area contributed by atoms with E-state index < -0.39 is 29.3 Å². The van der Waals surface area contributed by atoms with Gasteiger partial charge >= 0.3 is 12.3 Å². The van der Waals surface area contributed by atoms with E-state index in [1.807, 2.05) is 4.90 Å². The summed E-state index contributed by atoms with van der Waals surface area (Å²) in [6, 6.07) is 2.73. The molecular formula is C19H25ClF3N3O3. The van der Waals surface area contributed by atoms with Crippen molar-refractivity contribution >= 4 is 29.3 Å². The van der Waals surface area contributed by atoms with Crippen LogP contribution in [-0.2, 0) is 15.7 Å². The first kappa shape index (κ1) is 23.3. The Balaban J connectivity index is 1.82. The molecule has 0 radical (unpaired) electrons. The first-order valence-electron chi connectivity index (χ1n) is 9.22. The van der Waals surface area contributed by atoms with Crippen molar-refractivity contribution < 1.29 is 27.5 Å². The molecule has 2 amide bonds. The summed E-state index contributed by atoms with van der Waals surface area (Å²) >= 11 is 5.90. The molecule has 162 valence electrons. The molecule has 0 unspecified atom stereocenters. The molecule has 0 atom stereocenters. The summed E-state index contributed by atoms with van der Waals surface area (Å²) < 4.78 is 43.7. The van der Waals surface area contributed by atoms with Crippen LogP contribution in [-0.4, -0.2) is 48.2 Å². The van der Waals surface area contributed by atoms with Gasteiger partial charge in [0.1, 0.15) is 5.60 Å². The van der Waals surface area contributed by atoms with E-state index in [9.17, 15) is 22.8 Å². The average Bonchev–Trinajstić information content (AvgIpc) is 2.56. The van der Waals surface area contributed by atoms with E-state index >= 15 is 0 Å². The molecule has 10 heteroatoms. The Bertz CT molecular complexity index is 742. The van der Waals surface area contributed by atoms with Crippen LogP contribution < -0.4 is 10.6 Å². The van der Waals surface area contributed by atoms with Crippen LogP contribution in [0.3, 0.4) is 0 Å². The number of amides is 2. The standard InChI is InChI=1S/C19H25ClF3N3O3/c1-18(2,3)29-17(28)24-13-6-8-26(9-7-13)11-16(27)25-15-10-12(19(21,22)23)4-5-14(15)20/h4-5,10,13H,6-9,11H2,1-3H3,(H,24,28)(H,25,27). The summed E-state index contributed by atoms with van der Waals surface area (Å²) in [5, 5.41) is 5.28. The topological polar surface area (TPSA) is 70.7 Å². The van der Waals surface area contributed by atoms with Gasteiger partial charge in [-0.25, -0.2) is 4.79 Å². The van der Waals surface area contributed by atoms with Crippen molar-refractivity contribution in [2.75, 3.05) is 25.0 Å². The molecule has 1 saturated heterocycles. The van der Waals surface area contributed by atoms with Crippen molar-refractivity contribution in [3.63, 3.8) is 0 Å². The lowest BCUT2D eigenvalue weighted by atomic mass is 10.1. The molecule has 2 N–H and O–H groups in total. The summed E-state index contributed by atoms with van der Waals surface area (Å²) in [7, 11) is 0. The third-order valence-electron chi connectivity index (χ3n) is 4.24. The van der Waals surface area contributed by atoms with Crippen molar-refractivity contribution in [1.29, 1.82) is 0 Å². The van der Waals surface area contributed by atoms with Gasteiger partial charge in [0, 0.05) is 19.1 Å². The fourth-order valence-corrected chi connectivity index (χ4v) is 3.06. The summed E-state index contributed by atoms with van der Waals surface area (Å²) in [5.41, 5.74) is -1.53. The lowest BCUT2D eigenvalue weighted by Gasteiger charge is -2.32. The number of hydrogen-bond acceptors (Lipinski definition) is 4. The molecule has 0 aromatic heterocycles. The van der Waals surface area contributed by atoms with Crippen LogP contribution in [0.1, 0.15) is 39.2 Å². The maximum atomic E-state index is 12.8. The number of alkyl carbamates (subject to hydrolysis) is 1. The number of hydrogen-bond donors (Lipinski definition) is 2. The Morgan fingerprint density at radius 1 is 1.21 bits per heavy atom. The van der Waals surface area contributed by atoms with Crippen LogP contribution in [0.2, 0.25) is 5.02 Å². The lowest BCUT2D eigenvalue weighted by molar-refractivity contribution is -0.137. The van der Waals surface area contributed by atoms with Gasteiger partial charge in [0.05, 0.1) is 22.8 Å². The second-order valence-electron chi connectivity index (χ2n) is 7.94. The lowest BCUT2D eigenvalue weighted by Crippen LogP contribution is -2.47. The molecule has 1 aromatic rings. The SMILES string of the molecule is CC(C)(C)OC(=O)NC1CCN(CC(=O)Nc2cc(C(F)(F)F)ccc2Cl)CC1. The predicted octanol–water partition coefficient (Wildman–Crippen LogP) is 4.29. The van der Waals surface area contributed by atoms with Gasteiger partial charge in [-0.05, 0) is 51.8 Å². The van der Waals surface area contributed by atoms with Crippen molar-refractivity contribution in [2.24, 2.45) is 0 Å². The quantitative estimate of drug-likeness (QED) is 0.740. The molecular weight excluding hydrogens is 411 g/mol. The minimum Gasteiger partial charge on any atom is -0.444 e. The first-order chi connectivity index (χ1) is 13.3. The monoisotopic (exact) mass is 435 g/mol. The van der Waals surface area contributed by atoms with Gasteiger partial charge in [0.2, 0.25) is 5.91 Å². The third kappa shape index (κ3) is 7.74. The Morgan fingerprint density at radius 3 is 2.38 bits per heavy atom. The Hall–Kier alpha value is -2.00. The number of benzene rings is 1. The molecule has 1 aliphatic rings. The molecule has 2 rings (SSSR count). The largest absolute Gasteiger partial charge is 0.444 e. The van der Waals surface area contributed by atoms with Crippen LogP contribution in [0.25, 0.3) is 0 Å². The van der Waals surface area contributed by atoms with Gasteiger partial charge in [-0.15, -0.1) is 0 Å². The zero-order valence-corrected chi connectivity index (χ0v) is 17.3. The van der Waals surface area contributed by atoms with E-state index in [-0.39, 0.29) is 23.3 Å². The number of piperidine rings is 1. The molecule has 6 nitrogen and oxygen atoms in total. The molecule has 1 aliphatic heterocycles. The number of anilines is 1. The highest BCUT2D eigenvalue weighted by molar-refractivity contribution is 6.33. The number of ether oxygens (including phenoxy) is 1. The molecule has 0 saturated carbocycles. The third-order valence-corrected chi connectivity index (χ3v) is 4.57. The summed E-state index contributed by atoms with van der Waals surface area (Å²) in [6.07, 6.45) is -3.73. The second kappa shape index (κ2) is 9.21. The van der Waals surface area contributed by atoms with Crippen LogP contribution in [0.5, 0.6) is 0 Å². The maximum Gasteiger partial charge on any atom is 0.416 e. The van der Waals surface area contributed by atoms with Crippen molar-refractivity contribution in [1.82, 2.24) is 10.2 Å². The number of halogens is 4. The molecule has 29 heavy (non-hydrogen) atoms. The van der Waals surface area contributed by atoms with E-state index in [0.717, 1.165) is 18.2 Å². The van der Waals surface area contributed by atoms with Crippen LogP contribution in [0.15, 0.2) is 18.2 Å². The van der Waals surface area contributed by atoms with Crippen LogP contribution in [0.4, 0.5) is 23.7 Å². The molecule has 1 fully saturated rings. The number of likely N-dealkylation sites (tertiary alicyclic amines) is 1. The predicted molar refractivity (Wildman–Crippen MR) is 104 cm³/mol. The van der Waals surface area contributed by atoms with Gasteiger partial charge in [0.15, 0.2) is 0 Å². The van der Waals surface area contributed by atoms with Gasteiger partial charge in [-0.2, -0.15) is 13.2 Å². The highest BCUT2D eigenvalue weighted by Crippen LogP contribution is 2.33. The minimum absolute atomic E-state index is 0.0196. The Morgan fingerprint density at radius 2 is 1.83 bits per heavy atom. The molecule has 0 bridgehead atoms. The van der Waals surface area contributed by atoms with E-state index in [2.05, 4.69) is 10.6 Å². The highest BCUT2D eigenvalue weighted by Gasteiger charge is 2.31. The van der Waals surface area contributed by atoms with Crippen molar-refractivity contribution in [2.45, 2.75) is 51.4 Å². The number of carbonyl (C=O) groups is 2. The average molecular weight is 436 g/mol. The summed E-state index contributed by atoms with van der Waals surface area (Å²) in [6.45, 7) is 6.49. The number of alkyl halides is 3. The minimum atomic E-state index is -4.52. The van der Waals surface area contributed by atoms with E-state index in [0.29, 0.717) is 25.9 Å². The molecule has 0 aliphatic carbocycles. The second-order valence-corrected chi connectivity index (χ2v) is 8.34. The number of nitrogens with zero attached hydrogens (tertiary/aromatic N) is 1. The fourth-order valence-electron chi connectivity index (χ4n) is 2.90. The fraction of sp³-hybridized carbons (Fsp3) is 0.579. The summed E-state index contributed by atoms with van der Waals surface area (Å²) in [5.74, 6) is -0.454. The summed E-state index contributed by atoms with van der Waals surface area (Å²) in [4.78, 5) is 25.9. The molecule has 1 aromatic carbocycles. The Kier molecular flexibility index (Phi) is 7.40. The maximum absolute atomic E-state index is 12.8. The zero-order chi connectivity index (χ0) is 21.8. The first-order valence-corrected chi connectivity index (χ1v) is 9.60. The van der Waals surface area contributed by atoms with Crippen molar-refractivity contribution in [3.8, 4) is 0 Å². The van der Waals surface area contributed by atoms with E-state index in [1.54, 1.807) is 20.8 Å². The number of nitrogens with one attached hydrogen (secondary N) is 2. The van der Waals surface area contributed by atoms with E-state index in [4.69, 9.17) is 16.3 Å². The Labute approximate surface area is 172 Å². The molecule has 0 spiro atoms. The zero-order valence-electron chi connectivity index (χ0n) is 16.5. The highest BCUT2D eigenvalue weighted by atomic mass is 35.5. The smallest absolute Gasteiger partial charge is 0.416 e. The number of carbonyl (C=O) groups excluding carboxylic acids is 2. The van der Waals surface area contributed by atoms with Gasteiger partial charge in [0.25, 0.3) is 0 Å². The molecule has 1 heterocycles. The van der Waals surface area contributed by atoms with Crippen molar-refractivity contribution in [3.05, 3.63) is 28.8 Å². The normalized spacial score (nSPS) is 16.4. The van der Waals surface area contributed by atoms with Crippen LogP contribution >= 0.6 is 11.6 Å². The van der Waals surface area contributed by atoms with Gasteiger partial charge < -0.3 is 15.4 Å². The van der Waals surface area contributed by atoms with Gasteiger partial charge in [-0.3, -0.25) is 9.69 Å². The number of rotatable bonds is 4. The van der Waals surface area contributed by atoms with Crippen LogP contribution in [0, 0.1) is 0 Å².